The summed E-state index contributed by atoms with van der Waals surface area (Å²) in [6.45, 7) is 4.50. The van der Waals surface area contributed by atoms with Gasteiger partial charge in [0.1, 0.15) is 27.3 Å². The van der Waals surface area contributed by atoms with Gasteiger partial charge in [0, 0.05) is 37.4 Å². The number of hydrogen-bond donors (Lipinski definition) is 1. The van der Waals surface area contributed by atoms with Crippen LogP contribution in [0, 0.1) is 6.92 Å². The molecule has 1 fully saturated rings. The number of carbonyl (C=O) groups is 1. The average Bonchev–Trinajstić information content (AvgIpc) is 3.56. The molecule has 6 aromatic rings. The number of hydrogen-bond acceptors (Lipinski definition) is 7. The number of aryl methyl sites for hydroxylation is 2. The van der Waals surface area contributed by atoms with Gasteiger partial charge in [-0.05, 0) is 46.9 Å². The van der Waals surface area contributed by atoms with Gasteiger partial charge in [0.25, 0.3) is 15.9 Å². The fourth-order valence-electron chi connectivity index (χ4n) is 6.05. The van der Waals surface area contributed by atoms with Crippen molar-refractivity contribution in [1.82, 2.24) is 24.2 Å². The molecule has 1 N–H and O–H groups in total. The maximum Gasteiger partial charge on any atom is 0.272 e. The van der Waals surface area contributed by atoms with Crippen molar-refractivity contribution in [3.8, 4) is 11.1 Å². The zero-order valence-electron chi connectivity index (χ0n) is 27.8. The first-order chi connectivity index (χ1) is 23.6. The van der Waals surface area contributed by atoms with E-state index in [0.29, 0.717) is 36.3 Å². The Bertz CT molecular complexity index is 2250. The Morgan fingerprint density at radius 2 is 1.63 bits per heavy atom. The minimum atomic E-state index is -3.90. The highest BCUT2D eigenvalue weighted by molar-refractivity contribution is 7.91. The summed E-state index contributed by atoms with van der Waals surface area (Å²) in [5, 5.41) is 0. The monoisotopic (exact) mass is 691 g/mol. The highest BCUT2D eigenvalue weighted by Gasteiger charge is 2.44. The van der Waals surface area contributed by atoms with Crippen LogP contribution in [-0.4, -0.2) is 54.1 Å². The molecule has 11 heteroatoms. The van der Waals surface area contributed by atoms with E-state index in [1.165, 1.54) is 16.2 Å². The van der Waals surface area contributed by atoms with Gasteiger partial charge in [0.15, 0.2) is 11.9 Å². The molecule has 3 aromatic carbocycles. The first kappa shape index (κ1) is 32.8. The van der Waals surface area contributed by atoms with E-state index in [0.717, 1.165) is 44.0 Å². The van der Waals surface area contributed by atoms with E-state index in [1.807, 2.05) is 97.9 Å². The molecule has 4 heterocycles. The van der Waals surface area contributed by atoms with Gasteiger partial charge >= 0.3 is 0 Å². The number of amides is 1. The summed E-state index contributed by atoms with van der Waals surface area (Å²) in [5.41, 5.74) is 7.23. The highest BCUT2D eigenvalue weighted by atomic mass is 32.2. The Hall–Kier alpha value is -4.68. The lowest BCUT2D eigenvalue weighted by Crippen LogP contribution is -2.26. The van der Waals surface area contributed by atoms with Crippen LogP contribution < -0.4 is 4.72 Å². The van der Waals surface area contributed by atoms with Crippen molar-refractivity contribution in [2.24, 2.45) is 0 Å². The third kappa shape index (κ3) is 6.80. The van der Waals surface area contributed by atoms with Crippen molar-refractivity contribution in [3.63, 3.8) is 0 Å². The van der Waals surface area contributed by atoms with Crippen LogP contribution in [0.4, 0.5) is 0 Å². The second-order valence-corrected chi connectivity index (χ2v) is 15.5. The van der Waals surface area contributed by atoms with Crippen LogP contribution in [0.1, 0.15) is 56.5 Å². The number of ether oxygens (including phenoxy) is 1. The topological polar surface area (TPSA) is 110 Å². The molecular weight excluding hydrogens is 655 g/mol. The molecule has 250 valence electrons. The molecular formula is C38H37N5O4S2. The Kier molecular flexibility index (Phi) is 8.93. The maximum absolute atomic E-state index is 13.9. The summed E-state index contributed by atoms with van der Waals surface area (Å²) < 4.78 is 38.7. The number of benzene rings is 3. The number of carbonyl (C=O) groups excluding carboxylic acids is 1. The van der Waals surface area contributed by atoms with Crippen molar-refractivity contribution in [3.05, 3.63) is 136 Å². The number of pyridine rings is 1. The van der Waals surface area contributed by atoms with Crippen LogP contribution in [-0.2, 0) is 34.1 Å². The van der Waals surface area contributed by atoms with E-state index in [9.17, 15) is 13.2 Å². The zero-order valence-corrected chi connectivity index (χ0v) is 29.4. The number of thiophene rings is 1. The first-order valence-corrected chi connectivity index (χ1v) is 18.5. The number of rotatable bonds is 11. The molecule has 0 bridgehead atoms. The van der Waals surface area contributed by atoms with Crippen molar-refractivity contribution in [2.45, 2.75) is 49.8 Å². The standard InChI is InChI=1S/C38H37N5O4S2/c1-5-32-40-33-24(2)20-31(37(44)42(3)4)39-35(33)43(32)23-26-16-18-27(19-17-26)30-22-29(21-25-12-8-6-9-13-25)48-38(30)49(45,46)41-36-34(47-36)28-14-10-7-11-15-28/h6-20,22,34,36,41H,5,21,23H2,1-4H3. The summed E-state index contributed by atoms with van der Waals surface area (Å²) >= 11 is 1.29. The van der Waals surface area contributed by atoms with E-state index in [-0.39, 0.29) is 16.2 Å². The van der Waals surface area contributed by atoms with E-state index < -0.39 is 16.3 Å². The third-order valence-electron chi connectivity index (χ3n) is 8.63. The van der Waals surface area contributed by atoms with Gasteiger partial charge in [-0.15, -0.1) is 11.3 Å². The minimum Gasteiger partial charge on any atom is -0.347 e. The van der Waals surface area contributed by atoms with Gasteiger partial charge in [-0.1, -0.05) is 91.9 Å². The quantitative estimate of drug-likeness (QED) is 0.151. The van der Waals surface area contributed by atoms with Gasteiger partial charge in [0.2, 0.25) is 0 Å². The molecule has 49 heavy (non-hydrogen) atoms. The number of sulfonamides is 1. The normalized spacial score (nSPS) is 15.8. The minimum absolute atomic E-state index is 0.161. The Morgan fingerprint density at radius 3 is 2.31 bits per heavy atom. The number of fused-ring (bicyclic) bond motifs is 1. The number of nitrogens with one attached hydrogen (secondary N) is 1. The van der Waals surface area contributed by atoms with Gasteiger partial charge in [0.05, 0.1) is 6.54 Å². The molecule has 7 rings (SSSR count). The number of nitrogens with zero attached hydrogens (tertiary/aromatic N) is 4. The van der Waals surface area contributed by atoms with Crippen LogP contribution in [0.15, 0.2) is 101 Å². The van der Waals surface area contributed by atoms with Crippen molar-refractivity contribution in [2.75, 3.05) is 14.1 Å². The molecule has 1 aliphatic rings. The Morgan fingerprint density at radius 1 is 0.939 bits per heavy atom. The van der Waals surface area contributed by atoms with Gasteiger partial charge in [-0.3, -0.25) is 4.79 Å². The predicted octanol–water partition coefficient (Wildman–Crippen LogP) is 6.75. The van der Waals surface area contributed by atoms with Gasteiger partial charge < -0.3 is 14.2 Å². The molecule has 1 amide bonds. The predicted molar refractivity (Wildman–Crippen MR) is 192 cm³/mol. The highest BCUT2D eigenvalue weighted by Crippen LogP contribution is 2.41. The van der Waals surface area contributed by atoms with E-state index in [1.54, 1.807) is 20.2 Å². The fourth-order valence-corrected chi connectivity index (χ4v) is 8.95. The summed E-state index contributed by atoms with van der Waals surface area (Å²) in [6, 6.07) is 31.4. The van der Waals surface area contributed by atoms with Crippen LogP contribution in [0.3, 0.4) is 0 Å². The zero-order chi connectivity index (χ0) is 34.3. The smallest absolute Gasteiger partial charge is 0.272 e. The van der Waals surface area contributed by atoms with Crippen molar-refractivity contribution >= 4 is 38.4 Å². The number of epoxide rings is 1. The lowest BCUT2D eigenvalue weighted by atomic mass is 10.0. The Labute approximate surface area is 290 Å². The molecule has 1 saturated heterocycles. The van der Waals surface area contributed by atoms with Crippen LogP contribution in [0.25, 0.3) is 22.3 Å². The summed E-state index contributed by atoms with van der Waals surface area (Å²) in [7, 11) is -0.474. The number of aromatic nitrogens is 3. The average molecular weight is 692 g/mol. The summed E-state index contributed by atoms with van der Waals surface area (Å²) in [4.78, 5) is 24.9. The summed E-state index contributed by atoms with van der Waals surface area (Å²) in [6.07, 6.45) is 0.390. The van der Waals surface area contributed by atoms with Crippen molar-refractivity contribution in [1.29, 1.82) is 0 Å². The number of imidazole rings is 1. The maximum atomic E-state index is 13.9. The second kappa shape index (κ2) is 13.3. The Balaban J connectivity index is 1.20. The van der Waals surface area contributed by atoms with Crippen molar-refractivity contribution < 1.29 is 17.9 Å². The SMILES string of the molecule is CCc1nc2c(C)cc(C(=O)N(C)C)nc2n1Cc1ccc(-c2cc(Cc3ccccc3)sc2S(=O)(=O)NC2OC2c2ccccc2)cc1. The molecule has 0 aliphatic carbocycles. The molecule has 2 atom stereocenters. The van der Waals surface area contributed by atoms with Crippen LogP contribution >= 0.6 is 11.3 Å². The lowest BCUT2D eigenvalue weighted by molar-refractivity contribution is 0.0822. The van der Waals surface area contributed by atoms with Crippen LogP contribution in [0.2, 0.25) is 0 Å². The third-order valence-corrected chi connectivity index (χ3v) is 11.7. The largest absolute Gasteiger partial charge is 0.347 e. The van der Waals surface area contributed by atoms with Crippen LogP contribution in [0.5, 0.6) is 0 Å². The molecule has 2 unspecified atom stereocenters. The summed E-state index contributed by atoms with van der Waals surface area (Å²) in [5.74, 6) is 0.717. The molecule has 1 aliphatic heterocycles. The van der Waals surface area contributed by atoms with E-state index in [2.05, 4.69) is 16.2 Å². The van der Waals surface area contributed by atoms with Gasteiger partial charge in [-0.25, -0.2) is 18.4 Å². The van der Waals surface area contributed by atoms with E-state index in [4.69, 9.17) is 14.7 Å². The molecule has 0 spiro atoms. The molecule has 9 nitrogen and oxygen atoms in total. The second-order valence-electron chi connectivity index (χ2n) is 12.4. The van der Waals surface area contributed by atoms with Gasteiger partial charge in [-0.2, -0.15) is 4.72 Å². The fraction of sp³-hybridized carbons (Fsp3) is 0.237. The molecule has 3 aromatic heterocycles. The van der Waals surface area contributed by atoms with E-state index >= 15 is 0 Å². The first-order valence-electron chi connectivity index (χ1n) is 16.2. The lowest BCUT2D eigenvalue weighted by Gasteiger charge is -2.12. The molecule has 0 saturated carbocycles. The molecule has 0 radical (unpaired) electrons.